The second-order valence-corrected chi connectivity index (χ2v) is 6.78. The quantitative estimate of drug-likeness (QED) is 0.529. The van der Waals surface area contributed by atoms with Crippen LogP contribution in [0.4, 0.5) is 10.1 Å². The molecule has 0 radical (unpaired) electrons. The van der Waals surface area contributed by atoms with Crippen molar-refractivity contribution in [3.8, 4) is 11.6 Å². The molecule has 0 saturated carbocycles. The van der Waals surface area contributed by atoms with E-state index in [9.17, 15) is 9.18 Å². The van der Waals surface area contributed by atoms with Crippen molar-refractivity contribution in [2.45, 2.75) is 13.5 Å². The fourth-order valence-electron chi connectivity index (χ4n) is 3.06. The number of halogens is 1. The second kappa shape index (κ2) is 8.20. The predicted molar refractivity (Wildman–Crippen MR) is 111 cm³/mol. The standard InChI is InChI=1S/C22H20FN5O2/c1-15-5-8-17(13-19(15)23)24-21(29)20-22(27-11-3-4-12-27)28(26-25-20)14-16-6-9-18(30-2)10-7-16/h3-13H,14H2,1-2H3,(H,24,29). The van der Waals surface area contributed by atoms with Crippen LogP contribution in [0.25, 0.3) is 5.82 Å². The molecule has 8 heteroatoms. The first-order valence-corrected chi connectivity index (χ1v) is 9.32. The van der Waals surface area contributed by atoms with E-state index >= 15 is 0 Å². The van der Waals surface area contributed by atoms with E-state index < -0.39 is 5.91 Å². The number of carbonyl (C=O) groups excluding carboxylic acids is 1. The highest BCUT2D eigenvalue weighted by molar-refractivity contribution is 6.04. The Balaban J connectivity index is 1.65. The molecule has 7 nitrogen and oxygen atoms in total. The van der Waals surface area contributed by atoms with Crippen molar-refractivity contribution in [2.24, 2.45) is 0 Å². The van der Waals surface area contributed by atoms with Crippen LogP contribution in [0.3, 0.4) is 0 Å². The summed E-state index contributed by atoms with van der Waals surface area (Å²) < 4.78 is 22.4. The highest BCUT2D eigenvalue weighted by Gasteiger charge is 2.21. The van der Waals surface area contributed by atoms with Gasteiger partial charge in [0, 0.05) is 18.1 Å². The van der Waals surface area contributed by atoms with Gasteiger partial charge in [0.05, 0.1) is 13.7 Å². The number of methoxy groups -OCH3 is 1. The summed E-state index contributed by atoms with van der Waals surface area (Å²) in [5, 5.41) is 11.0. The van der Waals surface area contributed by atoms with Crippen LogP contribution >= 0.6 is 0 Å². The first-order chi connectivity index (χ1) is 14.5. The molecule has 4 aromatic rings. The maximum absolute atomic E-state index is 13.8. The third-order valence-electron chi connectivity index (χ3n) is 4.69. The van der Waals surface area contributed by atoms with Gasteiger partial charge in [-0.15, -0.1) is 5.10 Å². The Kier molecular flexibility index (Phi) is 5.30. The summed E-state index contributed by atoms with van der Waals surface area (Å²) in [6.07, 6.45) is 3.62. The number of carbonyl (C=O) groups is 1. The van der Waals surface area contributed by atoms with Crippen LogP contribution in [0.5, 0.6) is 5.75 Å². The number of amides is 1. The molecule has 30 heavy (non-hydrogen) atoms. The number of ether oxygens (including phenoxy) is 1. The minimum Gasteiger partial charge on any atom is -0.497 e. The average Bonchev–Trinajstić information content (AvgIpc) is 3.41. The number of nitrogens with one attached hydrogen (secondary N) is 1. The van der Waals surface area contributed by atoms with Crippen LogP contribution in [0.1, 0.15) is 21.6 Å². The lowest BCUT2D eigenvalue weighted by Gasteiger charge is -2.10. The average molecular weight is 405 g/mol. The minimum atomic E-state index is -0.470. The second-order valence-electron chi connectivity index (χ2n) is 6.78. The summed E-state index contributed by atoms with van der Waals surface area (Å²) in [5.41, 5.74) is 1.97. The number of aromatic nitrogens is 4. The van der Waals surface area contributed by atoms with E-state index in [1.807, 2.05) is 48.8 Å². The predicted octanol–water partition coefficient (Wildman–Crippen LogP) is 3.83. The SMILES string of the molecule is COc1ccc(Cn2nnc(C(=O)Nc3ccc(C)c(F)c3)c2-n2cccc2)cc1. The summed E-state index contributed by atoms with van der Waals surface area (Å²) in [6, 6.07) is 15.8. The summed E-state index contributed by atoms with van der Waals surface area (Å²) in [5.74, 6) is 0.416. The zero-order chi connectivity index (χ0) is 21.1. The van der Waals surface area contributed by atoms with Crippen molar-refractivity contribution in [2.75, 3.05) is 12.4 Å². The third-order valence-corrected chi connectivity index (χ3v) is 4.69. The molecule has 152 valence electrons. The first-order valence-electron chi connectivity index (χ1n) is 9.32. The van der Waals surface area contributed by atoms with Gasteiger partial charge in [0.25, 0.3) is 5.91 Å². The molecular formula is C22H20FN5O2. The molecule has 0 fully saturated rings. The van der Waals surface area contributed by atoms with Gasteiger partial charge in [-0.05, 0) is 54.4 Å². The van der Waals surface area contributed by atoms with Crippen molar-refractivity contribution in [1.82, 2.24) is 19.6 Å². The summed E-state index contributed by atoms with van der Waals surface area (Å²) >= 11 is 0. The summed E-state index contributed by atoms with van der Waals surface area (Å²) in [7, 11) is 1.61. The molecule has 2 heterocycles. The molecule has 0 aliphatic rings. The number of rotatable bonds is 6. The Morgan fingerprint density at radius 1 is 1.13 bits per heavy atom. The topological polar surface area (TPSA) is 74.0 Å². The van der Waals surface area contributed by atoms with Gasteiger partial charge in [-0.2, -0.15) is 0 Å². The zero-order valence-corrected chi connectivity index (χ0v) is 16.5. The Morgan fingerprint density at radius 3 is 2.53 bits per heavy atom. The largest absolute Gasteiger partial charge is 0.497 e. The van der Waals surface area contributed by atoms with Gasteiger partial charge < -0.3 is 14.6 Å². The van der Waals surface area contributed by atoms with Crippen LogP contribution < -0.4 is 10.1 Å². The first kappa shape index (κ1) is 19.4. The van der Waals surface area contributed by atoms with Crippen molar-refractivity contribution in [3.63, 3.8) is 0 Å². The maximum Gasteiger partial charge on any atom is 0.280 e. The van der Waals surface area contributed by atoms with Crippen molar-refractivity contribution >= 4 is 11.6 Å². The van der Waals surface area contributed by atoms with Gasteiger partial charge >= 0.3 is 0 Å². The lowest BCUT2D eigenvalue weighted by Crippen LogP contribution is -2.17. The van der Waals surface area contributed by atoms with Gasteiger partial charge in [0.2, 0.25) is 0 Å². The van der Waals surface area contributed by atoms with Crippen molar-refractivity contribution < 1.29 is 13.9 Å². The van der Waals surface area contributed by atoms with Gasteiger partial charge in [-0.25, -0.2) is 9.07 Å². The molecule has 2 aromatic heterocycles. The van der Waals surface area contributed by atoms with Crippen LogP contribution in [0.2, 0.25) is 0 Å². The van der Waals surface area contributed by atoms with E-state index in [-0.39, 0.29) is 11.5 Å². The van der Waals surface area contributed by atoms with E-state index in [4.69, 9.17) is 4.74 Å². The van der Waals surface area contributed by atoms with Crippen LogP contribution in [0.15, 0.2) is 67.0 Å². The van der Waals surface area contributed by atoms with E-state index in [1.54, 1.807) is 35.4 Å². The van der Waals surface area contributed by atoms with Gasteiger partial charge in [0.1, 0.15) is 11.6 Å². The van der Waals surface area contributed by atoms with Crippen LogP contribution in [-0.2, 0) is 6.54 Å². The Morgan fingerprint density at radius 2 is 1.87 bits per heavy atom. The maximum atomic E-state index is 13.8. The van der Waals surface area contributed by atoms with Crippen molar-refractivity contribution in [3.05, 3.63) is 89.6 Å². The molecule has 0 atom stereocenters. The van der Waals surface area contributed by atoms with E-state index in [2.05, 4.69) is 15.6 Å². The highest BCUT2D eigenvalue weighted by atomic mass is 19.1. The smallest absolute Gasteiger partial charge is 0.280 e. The van der Waals surface area contributed by atoms with Gasteiger partial charge in [-0.3, -0.25) is 4.79 Å². The fraction of sp³-hybridized carbons (Fsp3) is 0.136. The molecular weight excluding hydrogens is 385 g/mol. The molecule has 2 aromatic carbocycles. The third kappa shape index (κ3) is 3.93. The Hall–Kier alpha value is -3.94. The molecule has 0 aliphatic heterocycles. The molecule has 1 amide bonds. The normalized spacial score (nSPS) is 10.8. The fourth-order valence-corrected chi connectivity index (χ4v) is 3.06. The number of hydrogen-bond donors (Lipinski definition) is 1. The summed E-state index contributed by atoms with van der Waals surface area (Å²) in [6.45, 7) is 2.08. The number of nitrogens with zero attached hydrogens (tertiary/aromatic N) is 4. The number of hydrogen-bond acceptors (Lipinski definition) is 4. The Bertz CT molecular complexity index is 1170. The molecule has 0 aliphatic carbocycles. The van der Waals surface area contributed by atoms with E-state index in [0.717, 1.165) is 11.3 Å². The van der Waals surface area contributed by atoms with Gasteiger partial charge in [-0.1, -0.05) is 23.4 Å². The minimum absolute atomic E-state index is 0.140. The van der Waals surface area contributed by atoms with E-state index in [0.29, 0.717) is 23.6 Å². The van der Waals surface area contributed by atoms with Crippen molar-refractivity contribution in [1.29, 1.82) is 0 Å². The van der Waals surface area contributed by atoms with E-state index in [1.165, 1.54) is 6.07 Å². The lowest BCUT2D eigenvalue weighted by molar-refractivity contribution is 0.102. The molecule has 0 saturated heterocycles. The molecule has 0 unspecified atom stereocenters. The monoisotopic (exact) mass is 405 g/mol. The Labute approximate surface area is 172 Å². The number of aryl methyl sites for hydroxylation is 1. The molecule has 0 spiro atoms. The number of anilines is 1. The zero-order valence-electron chi connectivity index (χ0n) is 16.5. The van der Waals surface area contributed by atoms with Crippen LogP contribution in [0, 0.1) is 12.7 Å². The lowest BCUT2D eigenvalue weighted by atomic mass is 10.2. The van der Waals surface area contributed by atoms with Gasteiger partial charge in [0.15, 0.2) is 11.5 Å². The highest BCUT2D eigenvalue weighted by Crippen LogP contribution is 2.19. The summed E-state index contributed by atoms with van der Waals surface area (Å²) in [4.78, 5) is 12.9. The van der Waals surface area contributed by atoms with Crippen LogP contribution in [-0.4, -0.2) is 32.6 Å². The molecule has 4 rings (SSSR count). The molecule has 0 bridgehead atoms. The molecule has 1 N–H and O–H groups in total. The number of benzene rings is 2.